The summed E-state index contributed by atoms with van der Waals surface area (Å²) in [6.07, 6.45) is 1.11. The third-order valence-electron chi connectivity index (χ3n) is 4.12. The van der Waals surface area contributed by atoms with E-state index >= 15 is 0 Å². The summed E-state index contributed by atoms with van der Waals surface area (Å²) in [6, 6.07) is 20.6. The van der Waals surface area contributed by atoms with Crippen LogP contribution in [0.15, 0.2) is 71.2 Å². The van der Waals surface area contributed by atoms with Gasteiger partial charge in [0.15, 0.2) is 0 Å². The highest BCUT2D eigenvalue weighted by Gasteiger charge is 2.21. The molecule has 0 spiro atoms. The van der Waals surface area contributed by atoms with Gasteiger partial charge >= 0.3 is 0 Å². The van der Waals surface area contributed by atoms with E-state index in [2.05, 4.69) is 21.2 Å². The average Bonchev–Trinajstić information content (AvgIpc) is 2.62. The Labute approximate surface area is 167 Å². The van der Waals surface area contributed by atoms with E-state index in [9.17, 15) is 13.2 Å². The van der Waals surface area contributed by atoms with Crippen molar-refractivity contribution < 1.29 is 13.2 Å². The number of amides is 1. The van der Waals surface area contributed by atoms with Gasteiger partial charge in [-0.05, 0) is 29.1 Å². The van der Waals surface area contributed by atoms with Gasteiger partial charge in [-0.25, -0.2) is 8.42 Å². The molecule has 3 aromatic carbocycles. The highest BCUT2D eigenvalue weighted by Crippen LogP contribution is 2.23. The molecule has 0 atom stereocenters. The van der Waals surface area contributed by atoms with E-state index in [0.29, 0.717) is 5.69 Å². The van der Waals surface area contributed by atoms with Crippen molar-refractivity contribution in [2.75, 3.05) is 18.1 Å². The van der Waals surface area contributed by atoms with Crippen molar-refractivity contribution in [2.24, 2.45) is 0 Å². The molecule has 27 heavy (non-hydrogen) atoms. The minimum Gasteiger partial charge on any atom is -0.324 e. The first-order valence-corrected chi connectivity index (χ1v) is 10.9. The normalized spacial score (nSPS) is 11.7. The first-order valence-electron chi connectivity index (χ1n) is 8.30. The smallest absolute Gasteiger partial charge is 0.239 e. The van der Waals surface area contributed by atoms with Crippen molar-refractivity contribution in [1.82, 2.24) is 4.31 Å². The molecular formula is C20H19BrN2O3S. The predicted octanol–water partition coefficient (Wildman–Crippen LogP) is 4.00. The lowest BCUT2D eigenvalue weighted by atomic mass is 10.1. The molecule has 0 fully saturated rings. The van der Waals surface area contributed by atoms with Crippen molar-refractivity contribution in [2.45, 2.75) is 6.54 Å². The molecular weight excluding hydrogens is 428 g/mol. The zero-order valence-electron chi connectivity index (χ0n) is 14.7. The molecule has 140 valence electrons. The van der Waals surface area contributed by atoms with Crippen LogP contribution in [0, 0.1) is 0 Å². The van der Waals surface area contributed by atoms with Crippen LogP contribution in [0.1, 0.15) is 5.56 Å². The molecule has 0 saturated heterocycles. The molecule has 0 heterocycles. The molecule has 1 N–H and O–H groups in total. The van der Waals surface area contributed by atoms with E-state index in [0.717, 1.165) is 31.4 Å². The second kappa shape index (κ2) is 8.21. The van der Waals surface area contributed by atoms with E-state index < -0.39 is 10.0 Å². The Hall–Kier alpha value is -2.22. The van der Waals surface area contributed by atoms with Gasteiger partial charge in [0.25, 0.3) is 0 Å². The lowest BCUT2D eigenvalue weighted by Crippen LogP contribution is -2.36. The molecule has 0 bridgehead atoms. The number of anilines is 1. The summed E-state index contributed by atoms with van der Waals surface area (Å²) in [5, 5.41) is 4.74. The van der Waals surface area contributed by atoms with Gasteiger partial charge in [0.1, 0.15) is 0 Å². The summed E-state index contributed by atoms with van der Waals surface area (Å²) in [6.45, 7) is -0.118. The number of halogens is 1. The molecule has 0 saturated carbocycles. The predicted molar refractivity (Wildman–Crippen MR) is 112 cm³/mol. The molecule has 0 radical (unpaired) electrons. The van der Waals surface area contributed by atoms with Gasteiger partial charge in [0.05, 0.1) is 12.8 Å². The van der Waals surface area contributed by atoms with E-state index in [1.165, 1.54) is 0 Å². The first kappa shape index (κ1) is 19.5. The fourth-order valence-electron chi connectivity index (χ4n) is 2.77. The molecule has 5 nitrogen and oxygen atoms in total. The molecule has 0 aromatic heterocycles. The van der Waals surface area contributed by atoms with E-state index in [1.54, 1.807) is 6.07 Å². The van der Waals surface area contributed by atoms with Crippen LogP contribution in [-0.4, -0.2) is 31.4 Å². The van der Waals surface area contributed by atoms with E-state index in [-0.39, 0.29) is 19.0 Å². The third kappa shape index (κ3) is 5.15. The number of rotatable bonds is 6. The molecule has 1 amide bonds. The van der Waals surface area contributed by atoms with Gasteiger partial charge in [-0.1, -0.05) is 64.5 Å². The number of carbonyl (C=O) groups is 1. The first-order chi connectivity index (χ1) is 12.8. The van der Waals surface area contributed by atoms with E-state index in [4.69, 9.17) is 0 Å². The summed E-state index contributed by atoms with van der Waals surface area (Å²) >= 11 is 3.35. The summed E-state index contributed by atoms with van der Waals surface area (Å²) in [5.74, 6) is -0.381. The zero-order valence-corrected chi connectivity index (χ0v) is 17.1. The largest absolute Gasteiger partial charge is 0.324 e. The Balaban J connectivity index is 1.77. The molecule has 0 aliphatic rings. The van der Waals surface area contributed by atoms with Crippen LogP contribution in [-0.2, 0) is 21.4 Å². The summed E-state index contributed by atoms with van der Waals surface area (Å²) in [4.78, 5) is 12.5. The van der Waals surface area contributed by atoms with Gasteiger partial charge < -0.3 is 5.32 Å². The maximum Gasteiger partial charge on any atom is 0.239 e. The van der Waals surface area contributed by atoms with Crippen molar-refractivity contribution in [3.8, 4) is 0 Å². The van der Waals surface area contributed by atoms with Crippen LogP contribution in [0.2, 0.25) is 0 Å². The highest BCUT2D eigenvalue weighted by atomic mass is 79.9. The molecule has 3 aromatic rings. The van der Waals surface area contributed by atoms with E-state index in [1.807, 2.05) is 60.7 Å². The molecule has 3 rings (SSSR count). The second-order valence-electron chi connectivity index (χ2n) is 6.23. The molecule has 7 heteroatoms. The minimum atomic E-state index is -3.54. The number of sulfonamides is 1. The van der Waals surface area contributed by atoms with Gasteiger partial charge in [-0.2, -0.15) is 4.31 Å². The Morgan fingerprint density at radius 2 is 1.67 bits per heavy atom. The fraction of sp³-hybridized carbons (Fsp3) is 0.150. The van der Waals surface area contributed by atoms with Crippen molar-refractivity contribution in [3.63, 3.8) is 0 Å². The number of fused-ring (bicyclic) bond motifs is 1. The maximum atomic E-state index is 12.5. The van der Waals surface area contributed by atoms with Crippen LogP contribution < -0.4 is 5.32 Å². The monoisotopic (exact) mass is 446 g/mol. The topological polar surface area (TPSA) is 66.5 Å². The lowest BCUT2D eigenvalue weighted by Gasteiger charge is -2.20. The Kier molecular flexibility index (Phi) is 5.94. The summed E-state index contributed by atoms with van der Waals surface area (Å²) in [7, 11) is -3.54. The fourth-order valence-corrected chi connectivity index (χ4v) is 3.77. The van der Waals surface area contributed by atoms with Crippen LogP contribution in [0.5, 0.6) is 0 Å². The average molecular weight is 447 g/mol. The Morgan fingerprint density at radius 1 is 1.00 bits per heavy atom. The molecule has 0 aliphatic heterocycles. The SMILES string of the molecule is CS(=O)(=O)N(CC(=O)Nc1cccc2ccccc12)Cc1ccc(Br)cc1. The van der Waals surface area contributed by atoms with Gasteiger partial charge in [-0.15, -0.1) is 0 Å². The highest BCUT2D eigenvalue weighted by molar-refractivity contribution is 9.10. The third-order valence-corrected chi connectivity index (χ3v) is 5.85. The van der Waals surface area contributed by atoms with Gasteiger partial charge in [-0.3, -0.25) is 4.79 Å². The van der Waals surface area contributed by atoms with Crippen LogP contribution in [0.25, 0.3) is 10.8 Å². The quantitative estimate of drug-likeness (QED) is 0.621. The zero-order chi connectivity index (χ0) is 19.4. The summed E-state index contributed by atoms with van der Waals surface area (Å²) in [5.41, 5.74) is 1.47. The van der Waals surface area contributed by atoms with Crippen LogP contribution in [0.3, 0.4) is 0 Å². The van der Waals surface area contributed by atoms with Crippen molar-refractivity contribution in [1.29, 1.82) is 0 Å². The van der Waals surface area contributed by atoms with Gasteiger partial charge in [0, 0.05) is 22.1 Å². The Morgan fingerprint density at radius 3 is 2.37 bits per heavy atom. The van der Waals surface area contributed by atoms with Crippen LogP contribution in [0.4, 0.5) is 5.69 Å². The number of benzene rings is 3. The minimum absolute atomic E-state index is 0.134. The Bertz CT molecular complexity index is 1060. The van der Waals surface area contributed by atoms with Gasteiger partial charge in [0.2, 0.25) is 15.9 Å². The molecule has 0 unspecified atom stereocenters. The standard InChI is InChI=1S/C20H19BrN2O3S/c1-27(25,26)23(13-15-9-11-17(21)12-10-15)14-20(24)22-19-8-4-6-16-5-2-3-7-18(16)19/h2-12H,13-14H2,1H3,(H,22,24). The number of nitrogens with one attached hydrogen (secondary N) is 1. The van der Waals surface area contributed by atoms with Crippen LogP contribution >= 0.6 is 15.9 Å². The number of carbonyl (C=O) groups excluding carboxylic acids is 1. The number of hydrogen-bond acceptors (Lipinski definition) is 3. The second-order valence-corrected chi connectivity index (χ2v) is 9.13. The summed E-state index contributed by atoms with van der Waals surface area (Å²) < 4.78 is 26.4. The molecule has 0 aliphatic carbocycles. The van der Waals surface area contributed by atoms with Crippen molar-refractivity contribution >= 4 is 48.3 Å². The number of hydrogen-bond donors (Lipinski definition) is 1. The lowest BCUT2D eigenvalue weighted by molar-refractivity contribution is -0.116. The maximum absolute atomic E-state index is 12.5. The van der Waals surface area contributed by atoms with Crippen molar-refractivity contribution in [3.05, 3.63) is 76.8 Å². The number of nitrogens with zero attached hydrogens (tertiary/aromatic N) is 1.